The Hall–Kier alpha value is -5.61. The van der Waals surface area contributed by atoms with Crippen molar-refractivity contribution in [2.24, 2.45) is 5.41 Å². The molecule has 0 aliphatic rings. The minimum Gasteiger partial charge on any atom is -0.326 e. The first-order valence-corrected chi connectivity index (χ1v) is 16.2. The molecular formula is C43H41N3O. The molecule has 47 heavy (non-hydrogen) atoms. The van der Waals surface area contributed by atoms with Gasteiger partial charge >= 0.3 is 0 Å². The maximum atomic E-state index is 12.7. The average Bonchev–Trinajstić information content (AvgIpc) is 3.11. The first kappa shape index (κ1) is 31.4. The standard InChI is InChI=1S/C43H41N3O/c1-5-43(3,4)42(47)44-35-24-30-39(31-25-35)45(36-15-8-6-9-16-36)38-26-20-33(21-27-38)34-22-28-40(29-23-34)46(37-17-10-7-11-18-37)41-19-13-12-14-32(41)2/h6-31H,5H2,1-4H3,(H,44,47). The van der Waals surface area contributed by atoms with Crippen LogP contribution < -0.4 is 15.1 Å². The van der Waals surface area contributed by atoms with E-state index in [0.717, 1.165) is 57.4 Å². The van der Waals surface area contributed by atoms with E-state index in [2.05, 4.69) is 162 Å². The van der Waals surface area contributed by atoms with Crippen molar-refractivity contribution in [1.82, 2.24) is 0 Å². The summed E-state index contributed by atoms with van der Waals surface area (Å²) in [5, 5.41) is 3.08. The molecule has 0 bridgehead atoms. The number of anilines is 7. The minimum absolute atomic E-state index is 0.0271. The molecule has 0 saturated heterocycles. The quantitative estimate of drug-likeness (QED) is 0.166. The molecule has 0 saturated carbocycles. The van der Waals surface area contributed by atoms with Gasteiger partial charge in [-0.3, -0.25) is 4.79 Å². The average molecular weight is 616 g/mol. The van der Waals surface area contributed by atoms with Gasteiger partial charge in [-0.25, -0.2) is 0 Å². The summed E-state index contributed by atoms with van der Waals surface area (Å²) < 4.78 is 0. The highest BCUT2D eigenvalue weighted by molar-refractivity contribution is 5.95. The molecule has 0 radical (unpaired) electrons. The van der Waals surface area contributed by atoms with E-state index in [1.807, 2.05) is 39.0 Å². The van der Waals surface area contributed by atoms with E-state index in [4.69, 9.17) is 0 Å². The first-order valence-electron chi connectivity index (χ1n) is 16.2. The summed E-state index contributed by atoms with van der Waals surface area (Å²) in [6, 6.07) is 54.9. The topological polar surface area (TPSA) is 35.6 Å². The number of nitrogens with one attached hydrogen (secondary N) is 1. The number of rotatable bonds is 10. The van der Waals surface area contributed by atoms with Crippen LogP contribution >= 0.6 is 0 Å². The summed E-state index contributed by atoms with van der Waals surface area (Å²) in [7, 11) is 0. The second kappa shape index (κ2) is 13.8. The molecule has 0 atom stereocenters. The predicted molar refractivity (Wildman–Crippen MR) is 199 cm³/mol. The lowest BCUT2D eigenvalue weighted by molar-refractivity contribution is -0.124. The molecule has 0 aromatic heterocycles. The van der Waals surface area contributed by atoms with Crippen LogP contribution in [-0.4, -0.2) is 5.91 Å². The Morgan fingerprint density at radius 3 is 1.43 bits per heavy atom. The third-order valence-electron chi connectivity index (χ3n) is 8.85. The summed E-state index contributed by atoms with van der Waals surface area (Å²) in [5.74, 6) is 0.0271. The highest BCUT2D eigenvalue weighted by atomic mass is 16.2. The fraction of sp³-hybridized carbons (Fsp3) is 0.140. The van der Waals surface area contributed by atoms with Crippen LogP contribution in [0.25, 0.3) is 11.1 Å². The summed E-state index contributed by atoms with van der Waals surface area (Å²) in [4.78, 5) is 17.3. The molecule has 4 heteroatoms. The molecule has 0 spiro atoms. The zero-order valence-electron chi connectivity index (χ0n) is 27.5. The van der Waals surface area contributed by atoms with Crippen LogP contribution in [0.3, 0.4) is 0 Å². The van der Waals surface area contributed by atoms with Crippen molar-refractivity contribution in [3.8, 4) is 11.1 Å². The van der Waals surface area contributed by atoms with Gasteiger partial charge in [-0.15, -0.1) is 0 Å². The number of hydrogen-bond donors (Lipinski definition) is 1. The maximum absolute atomic E-state index is 12.7. The summed E-state index contributed by atoms with van der Waals surface area (Å²) in [6.07, 6.45) is 0.776. The third-order valence-corrected chi connectivity index (χ3v) is 8.85. The van der Waals surface area contributed by atoms with Gasteiger partial charge in [0.2, 0.25) is 5.91 Å². The SMILES string of the molecule is CCC(C)(C)C(=O)Nc1ccc(N(c2ccccc2)c2ccc(-c3ccc(N(c4ccccc4)c4ccccc4C)cc3)cc2)cc1. The first-order chi connectivity index (χ1) is 22.8. The Labute approximate surface area is 279 Å². The zero-order chi connectivity index (χ0) is 32.8. The van der Waals surface area contributed by atoms with Crippen molar-refractivity contribution in [1.29, 1.82) is 0 Å². The minimum atomic E-state index is -0.418. The van der Waals surface area contributed by atoms with Gasteiger partial charge in [-0.05, 0) is 109 Å². The molecule has 6 aromatic rings. The molecule has 0 unspecified atom stereocenters. The highest BCUT2D eigenvalue weighted by Crippen LogP contribution is 2.39. The molecule has 0 heterocycles. The van der Waals surface area contributed by atoms with Gasteiger partial charge in [-0.2, -0.15) is 0 Å². The lowest BCUT2D eigenvalue weighted by Gasteiger charge is -2.27. The van der Waals surface area contributed by atoms with Crippen LogP contribution in [0.15, 0.2) is 158 Å². The van der Waals surface area contributed by atoms with E-state index >= 15 is 0 Å². The Balaban J connectivity index is 1.27. The molecule has 6 aromatic carbocycles. The van der Waals surface area contributed by atoms with E-state index in [1.54, 1.807) is 0 Å². The number of nitrogens with zero attached hydrogens (tertiary/aromatic N) is 2. The van der Waals surface area contributed by atoms with Crippen molar-refractivity contribution in [2.75, 3.05) is 15.1 Å². The molecule has 0 aliphatic carbocycles. The van der Waals surface area contributed by atoms with Gasteiger partial charge in [0.05, 0.1) is 0 Å². The number of benzene rings is 6. The van der Waals surface area contributed by atoms with E-state index in [1.165, 1.54) is 5.56 Å². The normalized spacial score (nSPS) is 11.1. The number of hydrogen-bond acceptors (Lipinski definition) is 3. The molecule has 6 rings (SSSR count). The van der Waals surface area contributed by atoms with Gasteiger partial charge in [0.15, 0.2) is 0 Å². The van der Waals surface area contributed by atoms with Gasteiger partial charge in [0.25, 0.3) is 0 Å². The van der Waals surface area contributed by atoms with Gasteiger partial charge in [0, 0.05) is 45.2 Å². The Morgan fingerprint density at radius 1 is 0.532 bits per heavy atom. The number of aryl methyl sites for hydroxylation is 1. The second-order valence-corrected chi connectivity index (χ2v) is 12.5. The van der Waals surface area contributed by atoms with E-state index in [-0.39, 0.29) is 5.91 Å². The molecular weight excluding hydrogens is 574 g/mol. The lowest BCUT2D eigenvalue weighted by Crippen LogP contribution is -2.29. The fourth-order valence-electron chi connectivity index (χ4n) is 5.60. The monoisotopic (exact) mass is 615 g/mol. The van der Waals surface area contributed by atoms with Crippen LogP contribution in [0.4, 0.5) is 39.8 Å². The molecule has 1 amide bonds. The summed E-state index contributed by atoms with van der Waals surface area (Å²) in [5.41, 5.74) is 10.4. The Bertz CT molecular complexity index is 1920. The van der Waals surface area contributed by atoms with Crippen molar-refractivity contribution in [3.05, 3.63) is 163 Å². The van der Waals surface area contributed by atoms with Crippen LogP contribution in [0, 0.1) is 12.3 Å². The van der Waals surface area contributed by atoms with E-state index < -0.39 is 5.41 Å². The summed E-state index contributed by atoms with van der Waals surface area (Å²) >= 11 is 0. The second-order valence-electron chi connectivity index (χ2n) is 12.5. The number of para-hydroxylation sites is 3. The van der Waals surface area contributed by atoms with Crippen molar-refractivity contribution in [3.63, 3.8) is 0 Å². The predicted octanol–water partition coefficient (Wildman–Crippen LogP) is 12.0. The van der Waals surface area contributed by atoms with Crippen LogP contribution in [0.2, 0.25) is 0 Å². The Morgan fingerprint density at radius 2 is 0.936 bits per heavy atom. The number of carbonyl (C=O) groups is 1. The van der Waals surface area contributed by atoms with Gasteiger partial charge in [0.1, 0.15) is 0 Å². The zero-order valence-corrected chi connectivity index (χ0v) is 27.5. The molecule has 234 valence electrons. The summed E-state index contributed by atoms with van der Waals surface area (Å²) in [6.45, 7) is 8.13. The smallest absolute Gasteiger partial charge is 0.230 e. The van der Waals surface area contributed by atoms with Crippen LogP contribution in [0.1, 0.15) is 32.8 Å². The van der Waals surface area contributed by atoms with Crippen molar-refractivity contribution in [2.45, 2.75) is 34.1 Å². The Kier molecular flexibility index (Phi) is 9.21. The number of carbonyl (C=O) groups excluding carboxylic acids is 1. The molecule has 0 fully saturated rings. The highest BCUT2D eigenvalue weighted by Gasteiger charge is 2.25. The van der Waals surface area contributed by atoms with E-state index in [9.17, 15) is 4.79 Å². The lowest BCUT2D eigenvalue weighted by atomic mass is 9.89. The fourth-order valence-corrected chi connectivity index (χ4v) is 5.60. The largest absolute Gasteiger partial charge is 0.326 e. The van der Waals surface area contributed by atoms with Crippen LogP contribution in [-0.2, 0) is 4.79 Å². The van der Waals surface area contributed by atoms with Crippen molar-refractivity contribution >= 4 is 45.7 Å². The van der Waals surface area contributed by atoms with Gasteiger partial charge in [-0.1, -0.05) is 99.6 Å². The maximum Gasteiger partial charge on any atom is 0.230 e. The molecule has 1 N–H and O–H groups in total. The molecule has 0 aliphatic heterocycles. The number of amides is 1. The molecule has 4 nitrogen and oxygen atoms in total. The third kappa shape index (κ3) is 6.97. The van der Waals surface area contributed by atoms with Crippen molar-refractivity contribution < 1.29 is 4.79 Å². The van der Waals surface area contributed by atoms with Crippen LogP contribution in [0.5, 0.6) is 0 Å². The van der Waals surface area contributed by atoms with E-state index in [0.29, 0.717) is 0 Å². The van der Waals surface area contributed by atoms with Gasteiger partial charge < -0.3 is 15.1 Å².